The van der Waals surface area contributed by atoms with Crippen LogP contribution in [0.15, 0.2) is 12.7 Å². The summed E-state index contributed by atoms with van der Waals surface area (Å²) in [5.41, 5.74) is 0. The van der Waals surface area contributed by atoms with Crippen molar-refractivity contribution in [3.63, 3.8) is 0 Å². The van der Waals surface area contributed by atoms with Crippen LogP contribution in [0.5, 0.6) is 0 Å². The van der Waals surface area contributed by atoms with Gasteiger partial charge in [0.2, 0.25) is 0 Å². The van der Waals surface area contributed by atoms with Crippen molar-refractivity contribution in [3.8, 4) is 0 Å². The van der Waals surface area contributed by atoms with Crippen LogP contribution in [-0.2, 0) is 9.53 Å². The fraction of sp³-hybridized carbons (Fsp3) is 0.625. The molecule has 0 aliphatic rings. The van der Waals surface area contributed by atoms with Crippen molar-refractivity contribution in [1.82, 2.24) is 0 Å². The molecule has 82 valence electrons. The Morgan fingerprint density at radius 1 is 1.57 bits per heavy atom. The number of ether oxygens (including phenoxy) is 1. The monoisotopic (exact) mass is 212 g/mol. The van der Waals surface area contributed by atoms with E-state index in [-0.39, 0.29) is 0 Å². The molecule has 0 aliphatic heterocycles. The van der Waals surface area contributed by atoms with Crippen LogP contribution in [0.4, 0.5) is 13.2 Å². The first-order valence-corrected chi connectivity index (χ1v) is 3.89. The van der Waals surface area contributed by atoms with E-state index in [1.54, 1.807) is 0 Å². The van der Waals surface area contributed by atoms with Crippen molar-refractivity contribution in [2.45, 2.75) is 25.1 Å². The van der Waals surface area contributed by atoms with Crippen LogP contribution >= 0.6 is 0 Å². The number of esters is 1. The third kappa shape index (κ3) is 7.60. The molecule has 0 aliphatic carbocycles. The molecule has 1 N–H and O–H groups in total. The summed E-state index contributed by atoms with van der Waals surface area (Å²) in [7, 11) is 0. The van der Waals surface area contributed by atoms with Crippen molar-refractivity contribution < 1.29 is 27.8 Å². The van der Waals surface area contributed by atoms with E-state index >= 15 is 0 Å². The van der Waals surface area contributed by atoms with Gasteiger partial charge in [0.15, 0.2) is 0 Å². The second-order valence-electron chi connectivity index (χ2n) is 2.64. The van der Waals surface area contributed by atoms with Crippen molar-refractivity contribution in [3.05, 3.63) is 12.7 Å². The molecule has 0 saturated heterocycles. The summed E-state index contributed by atoms with van der Waals surface area (Å²) in [5.74, 6) is -0.768. The Hall–Kier alpha value is -1.04. The Morgan fingerprint density at radius 2 is 2.14 bits per heavy atom. The highest BCUT2D eigenvalue weighted by Crippen LogP contribution is 2.22. The first kappa shape index (κ1) is 13.0. The highest BCUT2D eigenvalue weighted by Gasteiger charge is 2.28. The number of hydrogen-bond donors (Lipinski definition) is 1. The summed E-state index contributed by atoms with van der Waals surface area (Å²) in [6.45, 7) is 2.64. The maximum atomic E-state index is 11.6. The Balaban J connectivity index is 3.61. The second kappa shape index (κ2) is 5.64. The number of rotatable bonds is 5. The molecule has 14 heavy (non-hydrogen) atoms. The Labute approximate surface area is 79.2 Å². The molecule has 0 spiro atoms. The van der Waals surface area contributed by atoms with Gasteiger partial charge in [-0.25, -0.2) is 4.79 Å². The van der Waals surface area contributed by atoms with Crippen LogP contribution in [-0.4, -0.2) is 30.0 Å². The highest BCUT2D eigenvalue weighted by molar-refractivity contribution is 5.81. The van der Waals surface area contributed by atoms with Gasteiger partial charge < -0.3 is 9.84 Å². The zero-order chi connectivity index (χ0) is 11.2. The fourth-order valence-corrected chi connectivity index (χ4v) is 0.651. The molecule has 0 radical (unpaired) electrons. The van der Waals surface area contributed by atoms with E-state index in [2.05, 4.69) is 11.3 Å². The summed E-state index contributed by atoms with van der Waals surface area (Å²) in [5, 5.41) is 8.95. The van der Waals surface area contributed by atoms with Gasteiger partial charge in [0.25, 0.3) is 0 Å². The molecule has 0 rings (SSSR count). The lowest BCUT2D eigenvalue weighted by Gasteiger charge is -2.11. The standard InChI is InChI=1S/C8H11F3O3/c1-2-7(13)14-5-6(12)3-4-8(9,10)11/h2,6,12H,1,3-5H2. The maximum Gasteiger partial charge on any atom is 0.389 e. The van der Waals surface area contributed by atoms with E-state index in [0.29, 0.717) is 0 Å². The lowest BCUT2D eigenvalue weighted by atomic mass is 10.2. The minimum atomic E-state index is -4.30. The van der Waals surface area contributed by atoms with E-state index in [1.807, 2.05) is 0 Å². The van der Waals surface area contributed by atoms with Gasteiger partial charge in [0, 0.05) is 12.5 Å². The first-order valence-electron chi connectivity index (χ1n) is 3.89. The third-order valence-corrected chi connectivity index (χ3v) is 1.35. The van der Waals surface area contributed by atoms with Gasteiger partial charge in [-0.1, -0.05) is 6.58 Å². The molecule has 6 heteroatoms. The van der Waals surface area contributed by atoms with Gasteiger partial charge in [-0.2, -0.15) is 13.2 Å². The highest BCUT2D eigenvalue weighted by atomic mass is 19.4. The maximum absolute atomic E-state index is 11.6. The van der Waals surface area contributed by atoms with Crippen LogP contribution in [0.3, 0.4) is 0 Å². The number of aliphatic hydroxyl groups excluding tert-OH is 1. The Bertz CT molecular complexity index is 200. The van der Waals surface area contributed by atoms with Crippen LogP contribution in [0, 0.1) is 0 Å². The van der Waals surface area contributed by atoms with Crippen molar-refractivity contribution in [1.29, 1.82) is 0 Å². The number of alkyl halides is 3. The zero-order valence-electron chi connectivity index (χ0n) is 7.38. The zero-order valence-corrected chi connectivity index (χ0v) is 7.38. The number of carbonyl (C=O) groups excluding carboxylic acids is 1. The molecule has 0 aromatic carbocycles. The molecule has 0 aromatic rings. The fourth-order valence-electron chi connectivity index (χ4n) is 0.651. The predicted molar refractivity (Wildman–Crippen MR) is 42.5 cm³/mol. The molecule has 0 saturated carbocycles. The van der Waals surface area contributed by atoms with Gasteiger partial charge in [-0.05, 0) is 6.42 Å². The molecule has 0 aromatic heterocycles. The van der Waals surface area contributed by atoms with Crippen LogP contribution in [0.2, 0.25) is 0 Å². The second-order valence-corrected chi connectivity index (χ2v) is 2.64. The van der Waals surface area contributed by atoms with Gasteiger partial charge in [-0.15, -0.1) is 0 Å². The molecule has 1 unspecified atom stereocenters. The molecular weight excluding hydrogens is 201 g/mol. The number of hydrogen-bond acceptors (Lipinski definition) is 3. The molecule has 0 bridgehead atoms. The van der Waals surface area contributed by atoms with Crippen LogP contribution in [0.1, 0.15) is 12.8 Å². The van der Waals surface area contributed by atoms with Crippen molar-refractivity contribution in [2.75, 3.05) is 6.61 Å². The van der Waals surface area contributed by atoms with E-state index in [1.165, 1.54) is 0 Å². The summed E-state index contributed by atoms with van der Waals surface area (Å²) in [6, 6.07) is 0. The minimum absolute atomic E-state index is 0.444. The summed E-state index contributed by atoms with van der Waals surface area (Å²) >= 11 is 0. The van der Waals surface area contributed by atoms with E-state index in [4.69, 9.17) is 5.11 Å². The van der Waals surface area contributed by atoms with Gasteiger partial charge in [0.05, 0.1) is 6.10 Å². The molecule has 3 nitrogen and oxygen atoms in total. The molecule has 0 amide bonds. The van der Waals surface area contributed by atoms with Crippen LogP contribution < -0.4 is 0 Å². The van der Waals surface area contributed by atoms with Gasteiger partial charge >= 0.3 is 12.1 Å². The average Bonchev–Trinajstić information content (AvgIpc) is 2.09. The molecular formula is C8H11F3O3. The van der Waals surface area contributed by atoms with Crippen molar-refractivity contribution >= 4 is 5.97 Å². The SMILES string of the molecule is C=CC(=O)OCC(O)CCC(F)(F)F. The summed E-state index contributed by atoms with van der Waals surface area (Å²) < 4.78 is 39.3. The molecule has 0 fully saturated rings. The van der Waals surface area contributed by atoms with E-state index < -0.39 is 37.7 Å². The summed E-state index contributed by atoms with van der Waals surface area (Å²) in [4.78, 5) is 10.4. The third-order valence-electron chi connectivity index (χ3n) is 1.35. The number of halogens is 3. The Kier molecular flexibility index (Phi) is 5.22. The first-order chi connectivity index (χ1) is 6.35. The lowest BCUT2D eigenvalue weighted by molar-refractivity contribution is -0.147. The predicted octanol–water partition coefficient (Wildman–Crippen LogP) is 1.42. The Morgan fingerprint density at radius 3 is 2.57 bits per heavy atom. The van der Waals surface area contributed by atoms with Gasteiger partial charge in [0.1, 0.15) is 6.61 Å². The quantitative estimate of drug-likeness (QED) is 0.553. The number of aliphatic hydroxyl groups is 1. The van der Waals surface area contributed by atoms with E-state index in [9.17, 15) is 18.0 Å². The number of carbonyl (C=O) groups is 1. The smallest absolute Gasteiger partial charge is 0.389 e. The molecule has 0 heterocycles. The van der Waals surface area contributed by atoms with Crippen molar-refractivity contribution in [2.24, 2.45) is 0 Å². The van der Waals surface area contributed by atoms with Gasteiger partial charge in [-0.3, -0.25) is 0 Å². The summed E-state index contributed by atoms with van der Waals surface area (Å²) in [6.07, 6.45) is -6.30. The normalized spacial score (nSPS) is 13.4. The topological polar surface area (TPSA) is 46.5 Å². The van der Waals surface area contributed by atoms with E-state index in [0.717, 1.165) is 6.08 Å². The largest absolute Gasteiger partial charge is 0.460 e. The molecule has 1 atom stereocenters. The average molecular weight is 212 g/mol. The van der Waals surface area contributed by atoms with Crippen LogP contribution in [0.25, 0.3) is 0 Å². The lowest BCUT2D eigenvalue weighted by Crippen LogP contribution is -2.20. The minimum Gasteiger partial charge on any atom is -0.460 e.